The van der Waals surface area contributed by atoms with Gasteiger partial charge in [-0.1, -0.05) is 26.0 Å². The van der Waals surface area contributed by atoms with Crippen LogP contribution >= 0.6 is 11.3 Å². The van der Waals surface area contributed by atoms with Crippen LogP contribution in [0.2, 0.25) is 0 Å². The number of anilines is 1. The Labute approximate surface area is 107 Å². The Hall–Kier alpha value is -1.35. The molecule has 1 heterocycles. The predicted molar refractivity (Wildman–Crippen MR) is 74.7 cm³/mol. The molecule has 2 aromatic rings. The highest BCUT2D eigenvalue weighted by Crippen LogP contribution is 2.20. The van der Waals surface area contributed by atoms with E-state index in [1.165, 1.54) is 16.1 Å². The highest BCUT2D eigenvalue weighted by atomic mass is 32.1. The quantitative estimate of drug-likeness (QED) is 0.875. The Morgan fingerprint density at radius 1 is 1.35 bits per heavy atom. The number of rotatable bonds is 4. The van der Waals surface area contributed by atoms with Crippen molar-refractivity contribution in [2.45, 2.75) is 33.2 Å². The molecule has 1 aromatic heterocycles. The maximum atomic E-state index is 4.25. The van der Waals surface area contributed by atoms with E-state index >= 15 is 0 Å². The number of thiazole rings is 1. The summed E-state index contributed by atoms with van der Waals surface area (Å²) in [5.41, 5.74) is 5.58. The van der Waals surface area contributed by atoms with Crippen molar-refractivity contribution in [3.8, 4) is 0 Å². The van der Waals surface area contributed by atoms with E-state index in [9.17, 15) is 0 Å². The minimum atomic E-state index is 0.571. The van der Waals surface area contributed by atoms with E-state index in [0.29, 0.717) is 5.92 Å². The van der Waals surface area contributed by atoms with Crippen molar-refractivity contribution in [3.63, 3.8) is 0 Å². The summed E-state index contributed by atoms with van der Waals surface area (Å²) in [6, 6.07) is 8.62. The third kappa shape index (κ3) is 3.07. The molecule has 0 aliphatic rings. The van der Waals surface area contributed by atoms with E-state index in [4.69, 9.17) is 0 Å². The molecule has 17 heavy (non-hydrogen) atoms. The van der Waals surface area contributed by atoms with Crippen molar-refractivity contribution in [1.82, 2.24) is 4.98 Å². The highest BCUT2D eigenvalue weighted by molar-refractivity contribution is 7.09. The van der Waals surface area contributed by atoms with Crippen LogP contribution < -0.4 is 5.32 Å². The summed E-state index contributed by atoms with van der Waals surface area (Å²) in [5, 5.41) is 3.45. The highest BCUT2D eigenvalue weighted by Gasteiger charge is 2.02. The fourth-order valence-corrected chi connectivity index (χ4v) is 2.40. The zero-order chi connectivity index (χ0) is 12.3. The largest absolute Gasteiger partial charge is 0.380 e. The molecule has 0 atom stereocenters. The van der Waals surface area contributed by atoms with Crippen LogP contribution in [0, 0.1) is 6.92 Å². The molecule has 2 nitrogen and oxygen atoms in total. The van der Waals surface area contributed by atoms with Crippen LogP contribution in [0.15, 0.2) is 29.8 Å². The molecule has 0 saturated heterocycles. The molecular weight excluding hydrogens is 228 g/mol. The monoisotopic (exact) mass is 246 g/mol. The van der Waals surface area contributed by atoms with Crippen molar-refractivity contribution in [2.24, 2.45) is 0 Å². The lowest BCUT2D eigenvalue weighted by atomic mass is 10.0. The van der Waals surface area contributed by atoms with Gasteiger partial charge in [-0.2, -0.15) is 0 Å². The minimum Gasteiger partial charge on any atom is -0.380 e. The summed E-state index contributed by atoms with van der Waals surface area (Å²) in [7, 11) is 0. The molecule has 0 amide bonds. The SMILES string of the molecule is Cc1ncsc1CNc1cccc(C(C)C)c1. The molecule has 0 unspecified atom stereocenters. The Balaban J connectivity index is 2.04. The van der Waals surface area contributed by atoms with Crippen molar-refractivity contribution in [3.05, 3.63) is 45.9 Å². The summed E-state index contributed by atoms with van der Waals surface area (Å²) in [6.45, 7) is 7.34. The second-order valence-corrected chi connectivity index (χ2v) is 5.43. The van der Waals surface area contributed by atoms with Crippen LogP contribution in [0.25, 0.3) is 0 Å². The van der Waals surface area contributed by atoms with Gasteiger partial charge in [0, 0.05) is 10.6 Å². The molecular formula is C14H18N2S. The minimum absolute atomic E-state index is 0.571. The van der Waals surface area contributed by atoms with Gasteiger partial charge in [-0.05, 0) is 30.5 Å². The first-order chi connectivity index (χ1) is 8.16. The molecule has 0 saturated carbocycles. The maximum Gasteiger partial charge on any atom is 0.0798 e. The van der Waals surface area contributed by atoms with E-state index in [1.807, 2.05) is 5.51 Å². The van der Waals surface area contributed by atoms with Crippen LogP contribution in [-0.4, -0.2) is 4.98 Å². The molecule has 0 aliphatic carbocycles. The number of aryl methyl sites for hydroxylation is 1. The van der Waals surface area contributed by atoms with Crippen LogP contribution in [0.5, 0.6) is 0 Å². The Morgan fingerprint density at radius 2 is 2.18 bits per heavy atom. The van der Waals surface area contributed by atoms with E-state index < -0.39 is 0 Å². The molecule has 3 heteroatoms. The van der Waals surface area contributed by atoms with Crippen LogP contribution in [0.1, 0.15) is 35.9 Å². The van der Waals surface area contributed by atoms with Crippen LogP contribution in [0.4, 0.5) is 5.69 Å². The normalized spacial score (nSPS) is 10.8. The number of aromatic nitrogens is 1. The summed E-state index contributed by atoms with van der Waals surface area (Å²) in [4.78, 5) is 5.56. The number of nitrogens with one attached hydrogen (secondary N) is 1. The third-order valence-corrected chi connectivity index (χ3v) is 3.79. The third-order valence-electron chi connectivity index (χ3n) is 2.85. The molecule has 0 radical (unpaired) electrons. The van der Waals surface area contributed by atoms with Gasteiger partial charge in [-0.3, -0.25) is 0 Å². The number of nitrogens with zero attached hydrogens (tertiary/aromatic N) is 1. The molecule has 0 fully saturated rings. The Kier molecular flexibility index (Phi) is 3.79. The molecule has 2 rings (SSSR count). The lowest BCUT2D eigenvalue weighted by Crippen LogP contribution is -2.00. The number of hydrogen-bond donors (Lipinski definition) is 1. The standard InChI is InChI=1S/C14H18N2S/c1-10(2)12-5-4-6-13(7-12)15-8-14-11(3)16-9-17-14/h4-7,9-10,15H,8H2,1-3H3. The van der Waals surface area contributed by atoms with Gasteiger partial charge >= 0.3 is 0 Å². The second-order valence-electron chi connectivity index (χ2n) is 4.49. The Morgan fingerprint density at radius 3 is 2.82 bits per heavy atom. The van der Waals surface area contributed by atoms with Gasteiger partial charge in [0.2, 0.25) is 0 Å². The molecule has 1 aromatic carbocycles. The van der Waals surface area contributed by atoms with E-state index in [0.717, 1.165) is 12.2 Å². The lowest BCUT2D eigenvalue weighted by molar-refractivity contribution is 0.866. The van der Waals surface area contributed by atoms with Gasteiger partial charge in [0.25, 0.3) is 0 Å². The zero-order valence-electron chi connectivity index (χ0n) is 10.5. The first-order valence-electron chi connectivity index (χ1n) is 5.89. The smallest absolute Gasteiger partial charge is 0.0798 e. The van der Waals surface area contributed by atoms with Crippen molar-refractivity contribution in [2.75, 3.05) is 5.32 Å². The first-order valence-corrected chi connectivity index (χ1v) is 6.77. The van der Waals surface area contributed by atoms with Gasteiger partial charge < -0.3 is 5.32 Å². The molecule has 0 aliphatic heterocycles. The van der Waals surface area contributed by atoms with E-state index in [2.05, 4.69) is 55.3 Å². The first kappa shape index (κ1) is 12.1. The van der Waals surface area contributed by atoms with Crippen LogP contribution in [0.3, 0.4) is 0 Å². The average Bonchev–Trinajstić information content (AvgIpc) is 2.72. The second kappa shape index (κ2) is 5.32. The summed E-state index contributed by atoms with van der Waals surface area (Å²) >= 11 is 1.71. The topological polar surface area (TPSA) is 24.9 Å². The molecule has 1 N–H and O–H groups in total. The van der Waals surface area contributed by atoms with Crippen molar-refractivity contribution >= 4 is 17.0 Å². The van der Waals surface area contributed by atoms with E-state index in [1.54, 1.807) is 11.3 Å². The summed E-state index contributed by atoms with van der Waals surface area (Å²) in [5.74, 6) is 0.571. The fourth-order valence-electron chi connectivity index (χ4n) is 1.69. The fraction of sp³-hybridized carbons (Fsp3) is 0.357. The predicted octanol–water partition coefficient (Wildman–Crippen LogP) is 4.19. The average molecular weight is 246 g/mol. The number of benzene rings is 1. The summed E-state index contributed by atoms with van der Waals surface area (Å²) in [6.07, 6.45) is 0. The van der Waals surface area contributed by atoms with E-state index in [-0.39, 0.29) is 0 Å². The summed E-state index contributed by atoms with van der Waals surface area (Å²) < 4.78 is 0. The Bertz CT molecular complexity index is 488. The van der Waals surface area contributed by atoms with Crippen molar-refractivity contribution < 1.29 is 0 Å². The van der Waals surface area contributed by atoms with Gasteiger partial charge in [-0.25, -0.2) is 4.98 Å². The number of hydrogen-bond acceptors (Lipinski definition) is 3. The van der Waals surface area contributed by atoms with Gasteiger partial charge in [0.05, 0.1) is 17.7 Å². The van der Waals surface area contributed by atoms with Crippen LogP contribution in [-0.2, 0) is 6.54 Å². The zero-order valence-corrected chi connectivity index (χ0v) is 11.3. The van der Waals surface area contributed by atoms with Crippen molar-refractivity contribution in [1.29, 1.82) is 0 Å². The van der Waals surface area contributed by atoms with Gasteiger partial charge in [0.15, 0.2) is 0 Å². The lowest BCUT2D eigenvalue weighted by Gasteiger charge is -2.09. The van der Waals surface area contributed by atoms with Gasteiger partial charge in [-0.15, -0.1) is 11.3 Å². The van der Waals surface area contributed by atoms with Gasteiger partial charge in [0.1, 0.15) is 0 Å². The molecule has 0 spiro atoms. The molecule has 90 valence electrons. The molecule has 0 bridgehead atoms. The maximum absolute atomic E-state index is 4.25.